The van der Waals surface area contributed by atoms with E-state index in [-0.39, 0.29) is 0 Å². The molecule has 352 valence electrons. The van der Waals surface area contributed by atoms with Gasteiger partial charge in [0.05, 0.1) is 33.3 Å². The zero-order chi connectivity index (χ0) is 49.6. The lowest BCUT2D eigenvalue weighted by Crippen LogP contribution is -2.04. The van der Waals surface area contributed by atoms with Crippen molar-refractivity contribution < 1.29 is 8.83 Å². The number of benzene rings is 12. The maximum Gasteiger partial charge on any atom is 0.170 e. The summed E-state index contributed by atoms with van der Waals surface area (Å²) in [6.45, 7) is 0. The van der Waals surface area contributed by atoms with E-state index < -0.39 is 0 Å². The van der Waals surface area contributed by atoms with Crippen molar-refractivity contribution in [3.8, 4) is 45.5 Å². The molecular formula is C69H39N5O2. The molecule has 0 saturated heterocycles. The fourth-order valence-electron chi connectivity index (χ4n) is 12.3. The number of aromatic nitrogens is 5. The van der Waals surface area contributed by atoms with Crippen molar-refractivity contribution in [1.82, 2.24) is 24.1 Å². The highest BCUT2D eigenvalue weighted by Gasteiger charge is 2.27. The molecule has 0 atom stereocenters. The van der Waals surface area contributed by atoms with Gasteiger partial charge in [0, 0.05) is 65.3 Å². The third kappa shape index (κ3) is 5.90. The van der Waals surface area contributed by atoms with Crippen LogP contribution in [0.5, 0.6) is 0 Å². The Morgan fingerprint density at radius 1 is 0.289 bits per heavy atom. The number of hydrogen-bond donors (Lipinski definition) is 0. The Hall–Kier alpha value is -10.4. The van der Waals surface area contributed by atoms with Crippen LogP contribution in [0.15, 0.2) is 245 Å². The highest BCUT2D eigenvalue weighted by atomic mass is 16.3. The van der Waals surface area contributed by atoms with Crippen LogP contribution >= 0.6 is 0 Å². The molecule has 0 fully saturated rings. The van der Waals surface area contributed by atoms with Crippen LogP contribution in [0.4, 0.5) is 0 Å². The van der Waals surface area contributed by atoms with Gasteiger partial charge in [-0.1, -0.05) is 152 Å². The molecule has 76 heavy (non-hydrogen) atoms. The minimum absolute atomic E-state index is 0.487. The number of furan rings is 2. The lowest BCUT2D eigenvalue weighted by atomic mass is 10.0. The van der Waals surface area contributed by atoms with Gasteiger partial charge in [0.2, 0.25) is 0 Å². The van der Waals surface area contributed by atoms with Gasteiger partial charge in [-0.25, -0.2) is 15.0 Å². The maximum absolute atomic E-state index is 7.37. The number of fused-ring (bicyclic) bond motifs is 17. The van der Waals surface area contributed by atoms with E-state index in [0.29, 0.717) is 23.1 Å². The molecule has 0 aliphatic rings. The molecule has 0 amide bonds. The lowest BCUT2D eigenvalue weighted by Gasteiger charge is -2.16. The van der Waals surface area contributed by atoms with Crippen molar-refractivity contribution in [3.63, 3.8) is 0 Å². The van der Waals surface area contributed by atoms with Gasteiger partial charge >= 0.3 is 0 Å². The molecule has 0 unspecified atom stereocenters. The Morgan fingerprint density at radius 3 is 1.71 bits per heavy atom. The van der Waals surface area contributed by atoms with E-state index >= 15 is 0 Å². The largest absolute Gasteiger partial charge is 0.456 e. The van der Waals surface area contributed by atoms with Gasteiger partial charge in [0.25, 0.3) is 0 Å². The van der Waals surface area contributed by atoms with Crippen LogP contribution in [-0.2, 0) is 0 Å². The molecule has 0 bridgehead atoms. The molecule has 0 aliphatic heterocycles. The van der Waals surface area contributed by atoms with Crippen molar-refractivity contribution in [2.24, 2.45) is 0 Å². The van der Waals surface area contributed by atoms with Crippen molar-refractivity contribution in [2.45, 2.75) is 0 Å². The summed E-state index contributed by atoms with van der Waals surface area (Å²) >= 11 is 0. The average molecular weight is 970 g/mol. The normalized spacial score (nSPS) is 12.2. The Morgan fingerprint density at radius 2 is 0.868 bits per heavy atom. The Bertz CT molecular complexity index is 5310. The molecule has 7 heteroatoms. The van der Waals surface area contributed by atoms with Gasteiger partial charge in [-0.05, 0) is 112 Å². The zero-order valence-electron chi connectivity index (χ0n) is 40.6. The molecule has 0 radical (unpaired) electrons. The number of rotatable bonds is 5. The van der Waals surface area contributed by atoms with Gasteiger partial charge in [-0.2, -0.15) is 0 Å². The molecule has 17 rings (SSSR count). The van der Waals surface area contributed by atoms with Crippen molar-refractivity contribution >= 4 is 120 Å². The first-order valence-corrected chi connectivity index (χ1v) is 25.7. The summed E-state index contributed by atoms with van der Waals surface area (Å²) in [7, 11) is 0. The standard InChI is InChI=1S/C69H39N5O2/c1-2-18-46(19-3-1)73-56-24-12-10-22-49(56)50-30-27-45(39-59(50)73)68-70-67(44-29-35-62-54(37-44)51-23-11-13-25-61(51)75-62)71-69(72-68)64-58(34-32-53-52-31-26-41-15-7-9-21-48(41)65(52)76-66(53)64)74-57-33-28-40-14-6-8-20-47(40)63(57)55-36-42-16-4-5-17-43(42)38-60(55)74/h1-39H. The van der Waals surface area contributed by atoms with Crippen LogP contribution in [-0.4, -0.2) is 24.1 Å². The van der Waals surface area contributed by atoms with Gasteiger partial charge in [-0.15, -0.1) is 0 Å². The molecule has 17 aromatic rings. The molecule has 0 saturated carbocycles. The molecule has 0 spiro atoms. The molecule has 5 aromatic heterocycles. The van der Waals surface area contributed by atoms with E-state index in [1.54, 1.807) is 0 Å². The van der Waals surface area contributed by atoms with Crippen LogP contribution < -0.4 is 0 Å². The van der Waals surface area contributed by atoms with Gasteiger partial charge in [0.15, 0.2) is 17.5 Å². The molecule has 0 aliphatic carbocycles. The summed E-state index contributed by atoms with van der Waals surface area (Å²) in [5, 5.41) is 15.5. The Balaban J connectivity index is 1.01. The average Bonchev–Trinajstić information content (AvgIpc) is 4.25. The predicted molar refractivity (Wildman–Crippen MR) is 312 cm³/mol. The Labute approximate surface area is 432 Å². The first-order valence-electron chi connectivity index (χ1n) is 25.7. The summed E-state index contributed by atoms with van der Waals surface area (Å²) in [5.74, 6) is 1.55. The van der Waals surface area contributed by atoms with Crippen LogP contribution in [0, 0.1) is 0 Å². The van der Waals surface area contributed by atoms with E-state index in [4.69, 9.17) is 23.8 Å². The van der Waals surface area contributed by atoms with E-state index in [1.165, 1.54) is 26.9 Å². The molecule has 7 nitrogen and oxygen atoms in total. The second-order valence-electron chi connectivity index (χ2n) is 19.9. The van der Waals surface area contributed by atoms with E-state index in [9.17, 15) is 0 Å². The minimum Gasteiger partial charge on any atom is -0.456 e. The third-order valence-electron chi connectivity index (χ3n) is 15.7. The van der Waals surface area contributed by atoms with Gasteiger partial charge in [-0.3, -0.25) is 0 Å². The van der Waals surface area contributed by atoms with Crippen molar-refractivity contribution in [1.29, 1.82) is 0 Å². The number of para-hydroxylation sites is 3. The minimum atomic E-state index is 0.487. The van der Waals surface area contributed by atoms with E-state index in [1.807, 2.05) is 24.3 Å². The first kappa shape index (κ1) is 41.1. The smallest absolute Gasteiger partial charge is 0.170 e. The van der Waals surface area contributed by atoms with Crippen LogP contribution in [0.3, 0.4) is 0 Å². The lowest BCUT2D eigenvalue weighted by molar-refractivity contribution is 0.669. The highest BCUT2D eigenvalue weighted by molar-refractivity contribution is 6.24. The number of hydrogen-bond acceptors (Lipinski definition) is 5. The molecule has 12 aromatic carbocycles. The number of nitrogens with zero attached hydrogens (tertiary/aromatic N) is 5. The predicted octanol–water partition coefficient (Wildman–Crippen LogP) is 18.3. The summed E-state index contributed by atoms with van der Waals surface area (Å²) in [6.07, 6.45) is 0. The monoisotopic (exact) mass is 969 g/mol. The van der Waals surface area contributed by atoms with Gasteiger partial charge < -0.3 is 18.0 Å². The van der Waals surface area contributed by atoms with Crippen molar-refractivity contribution in [2.75, 3.05) is 0 Å². The van der Waals surface area contributed by atoms with E-state index in [2.05, 4.69) is 221 Å². The quantitative estimate of drug-likeness (QED) is 0.172. The zero-order valence-corrected chi connectivity index (χ0v) is 40.6. The van der Waals surface area contributed by atoms with Crippen LogP contribution in [0.1, 0.15) is 0 Å². The SMILES string of the molecule is c1ccc(-n2c3ccccc3c3ccc(-c4nc(-c5ccc6oc7ccccc7c6c5)nc(-c5c(-n6c7cc8ccccc8cc7c7c8ccccc8ccc76)ccc6c5oc5c7ccccc7ccc65)n4)cc32)cc1. The second kappa shape index (κ2) is 15.6. The maximum atomic E-state index is 7.37. The Kier molecular flexibility index (Phi) is 8.43. The third-order valence-corrected chi connectivity index (χ3v) is 15.7. The topological polar surface area (TPSA) is 74.8 Å². The fourth-order valence-corrected chi connectivity index (χ4v) is 12.3. The summed E-state index contributed by atoms with van der Waals surface area (Å²) in [5.41, 5.74) is 11.9. The first-order chi connectivity index (χ1) is 37.7. The van der Waals surface area contributed by atoms with Crippen molar-refractivity contribution in [3.05, 3.63) is 237 Å². The fraction of sp³-hybridized carbons (Fsp3) is 0. The van der Waals surface area contributed by atoms with Crippen LogP contribution in [0.25, 0.3) is 165 Å². The molecular weight excluding hydrogens is 931 g/mol. The molecule has 0 N–H and O–H groups in total. The highest BCUT2D eigenvalue weighted by Crippen LogP contribution is 2.46. The molecule has 5 heterocycles. The summed E-state index contributed by atoms with van der Waals surface area (Å²) in [4.78, 5) is 16.7. The van der Waals surface area contributed by atoms with E-state index in [0.717, 1.165) is 115 Å². The summed E-state index contributed by atoms with van der Waals surface area (Å²) < 4.78 is 18.5. The summed E-state index contributed by atoms with van der Waals surface area (Å²) in [6, 6.07) is 83.9. The van der Waals surface area contributed by atoms with Gasteiger partial charge in [0.1, 0.15) is 22.3 Å². The second-order valence-corrected chi connectivity index (χ2v) is 19.9. The van der Waals surface area contributed by atoms with Crippen LogP contribution in [0.2, 0.25) is 0 Å².